The average molecular weight is 720 g/mol. The molecule has 11 rings (SSSR count). The van der Waals surface area contributed by atoms with Crippen molar-refractivity contribution in [1.29, 1.82) is 0 Å². The van der Waals surface area contributed by atoms with Gasteiger partial charge in [0.1, 0.15) is 11.2 Å². The average Bonchev–Trinajstić information content (AvgIpc) is 3.84. The highest BCUT2D eigenvalue weighted by atomic mass is 32.1. The summed E-state index contributed by atoms with van der Waals surface area (Å²) in [6, 6.07) is 72.2. The number of hydrogen-bond donors (Lipinski definition) is 0. The number of nitrogens with zero attached hydrogens (tertiary/aromatic N) is 1. The van der Waals surface area contributed by atoms with Crippen LogP contribution in [-0.2, 0) is 0 Å². The molecule has 0 spiro atoms. The van der Waals surface area contributed by atoms with Crippen molar-refractivity contribution < 1.29 is 4.42 Å². The number of hydrogen-bond acceptors (Lipinski definition) is 3. The van der Waals surface area contributed by atoms with E-state index in [0.29, 0.717) is 0 Å². The van der Waals surface area contributed by atoms with Crippen molar-refractivity contribution in [3.63, 3.8) is 0 Å². The Morgan fingerprint density at radius 2 is 1.04 bits per heavy atom. The Morgan fingerprint density at radius 1 is 0.382 bits per heavy atom. The molecule has 258 valence electrons. The molecule has 55 heavy (non-hydrogen) atoms. The molecule has 2 heterocycles. The zero-order chi connectivity index (χ0) is 36.3. The zero-order valence-corrected chi connectivity index (χ0v) is 30.6. The highest BCUT2D eigenvalue weighted by Gasteiger charge is 2.26. The number of benzene rings is 9. The van der Waals surface area contributed by atoms with Gasteiger partial charge in [0.25, 0.3) is 0 Å². The van der Waals surface area contributed by atoms with Crippen molar-refractivity contribution >= 4 is 81.3 Å². The minimum absolute atomic E-state index is 0.861. The van der Waals surface area contributed by atoms with Crippen LogP contribution in [0.3, 0.4) is 0 Å². The fourth-order valence-electron chi connectivity index (χ4n) is 8.36. The minimum Gasteiger partial charge on any atom is -0.455 e. The van der Waals surface area contributed by atoms with Gasteiger partial charge in [-0.25, -0.2) is 0 Å². The molecular weight excluding hydrogens is 687 g/mol. The Morgan fingerprint density at radius 3 is 1.91 bits per heavy atom. The molecule has 2 nitrogen and oxygen atoms in total. The monoisotopic (exact) mass is 719 g/mol. The summed E-state index contributed by atoms with van der Waals surface area (Å²) in [5.41, 5.74) is 12.1. The summed E-state index contributed by atoms with van der Waals surface area (Å²) in [6.45, 7) is 0. The van der Waals surface area contributed by atoms with E-state index in [0.717, 1.165) is 60.9 Å². The summed E-state index contributed by atoms with van der Waals surface area (Å²) in [5.74, 6) is 0. The second-order valence-electron chi connectivity index (χ2n) is 14.0. The molecule has 0 saturated carbocycles. The molecule has 3 heteroatoms. The van der Waals surface area contributed by atoms with Gasteiger partial charge < -0.3 is 9.32 Å². The van der Waals surface area contributed by atoms with Crippen molar-refractivity contribution in [1.82, 2.24) is 0 Å². The lowest BCUT2D eigenvalue weighted by atomic mass is 9.94. The van der Waals surface area contributed by atoms with Crippen LogP contribution in [-0.4, -0.2) is 0 Å². The first-order chi connectivity index (χ1) is 27.3. The van der Waals surface area contributed by atoms with Crippen molar-refractivity contribution in [3.05, 3.63) is 200 Å². The van der Waals surface area contributed by atoms with Gasteiger partial charge in [-0.15, -0.1) is 11.3 Å². The van der Waals surface area contributed by atoms with E-state index >= 15 is 0 Å². The molecule has 0 radical (unpaired) electrons. The van der Waals surface area contributed by atoms with Gasteiger partial charge in [0.05, 0.1) is 22.4 Å². The maximum atomic E-state index is 6.80. The maximum Gasteiger partial charge on any atom is 0.143 e. The van der Waals surface area contributed by atoms with Crippen LogP contribution in [0.2, 0.25) is 0 Å². The topological polar surface area (TPSA) is 16.4 Å². The van der Waals surface area contributed by atoms with Crippen LogP contribution < -0.4 is 4.90 Å². The third-order valence-electron chi connectivity index (χ3n) is 10.9. The molecule has 0 fully saturated rings. The van der Waals surface area contributed by atoms with E-state index in [-0.39, 0.29) is 0 Å². The summed E-state index contributed by atoms with van der Waals surface area (Å²) in [6.07, 6.45) is 0. The molecule has 0 atom stereocenters. The number of rotatable bonds is 6. The lowest BCUT2D eigenvalue weighted by molar-refractivity contribution is 0.672. The Kier molecular flexibility index (Phi) is 7.39. The summed E-state index contributed by atoms with van der Waals surface area (Å²) in [5, 5.41) is 7.04. The van der Waals surface area contributed by atoms with Gasteiger partial charge in [0.15, 0.2) is 0 Å². The summed E-state index contributed by atoms with van der Waals surface area (Å²) >= 11 is 1.87. The van der Waals surface area contributed by atoms with Crippen LogP contribution >= 0.6 is 11.3 Å². The first-order valence-electron chi connectivity index (χ1n) is 18.7. The van der Waals surface area contributed by atoms with Crippen LogP contribution in [0.4, 0.5) is 17.1 Å². The molecule has 0 aliphatic rings. The third kappa shape index (κ3) is 5.16. The highest BCUT2D eigenvalue weighted by molar-refractivity contribution is 7.26. The Labute approximate surface area is 322 Å². The smallest absolute Gasteiger partial charge is 0.143 e. The summed E-state index contributed by atoms with van der Waals surface area (Å²) < 4.78 is 9.39. The second kappa shape index (κ2) is 12.9. The van der Waals surface area contributed by atoms with Crippen molar-refractivity contribution in [3.8, 4) is 33.4 Å². The largest absolute Gasteiger partial charge is 0.455 e. The first kappa shape index (κ1) is 31.6. The van der Waals surface area contributed by atoms with Gasteiger partial charge >= 0.3 is 0 Å². The number of anilines is 3. The van der Waals surface area contributed by atoms with Crippen LogP contribution in [0, 0.1) is 0 Å². The second-order valence-corrected chi connectivity index (χ2v) is 15.1. The number of furan rings is 1. The van der Waals surface area contributed by atoms with E-state index in [2.05, 4.69) is 205 Å². The Bertz CT molecular complexity index is 3210. The van der Waals surface area contributed by atoms with Gasteiger partial charge in [-0.3, -0.25) is 0 Å². The normalized spacial score (nSPS) is 11.6. The van der Waals surface area contributed by atoms with E-state index < -0.39 is 0 Å². The number of para-hydroxylation sites is 1. The predicted molar refractivity (Wildman–Crippen MR) is 235 cm³/mol. The molecule has 0 amide bonds. The molecule has 9 aromatic carbocycles. The molecule has 0 aliphatic heterocycles. The standard InChI is InChI=1S/C52H33NOS/c1-3-15-34(16-4-1)37-30-32-46(44(33-37)35-17-5-2-6-18-35)53(47-26-14-27-48-50(47)43-31-29-36-19-7-8-20-38(36)51(43)54-48)45-25-11-9-21-39(45)41-23-13-24-42-40-22-10-12-28-49(40)55-52(41)42/h1-33H. The molecule has 0 bridgehead atoms. The first-order valence-corrected chi connectivity index (χ1v) is 19.5. The van der Waals surface area contributed by atoms with Gasteiger partial charge in [-0.1, -0.05) is 158 Å². The summed E-state index contributed by atoms with van der Waals surface area (Å²) in [4.78, 5) is 2.48. The van der Waals surface area contributed by atoms with Gasteiger partial charge in [-0.05, 0) is 64.5 Å². The van der Waals surface area contributed by atoms with Crippen LogP contribution in [0.5, 0.6) is 0 Å². The van der Waals surface area contributed by atoms with E-state index in [1.807, 2.05) is 11.3 Å². The van der Waals surface area contributed by atoms with Crippen LogP contribution in [0.25, 0.3) is 86.3 Å². The van der Waals surface area contributed by atoms with Gasteiger partial charge in [0, 0.05) is 47.6 Å². The molecule has 0 unspecified atom stereocenters. The molecule has 2 aromatic heterocycles. The summed E-state index contributed by atoms with van der Waals surface area (Å²) in [7, 11) is 0. The van der Waals surface area contributed by atoms with E-state index in [1.165, 1.54) is 42.4 Å². The molecule has 0 saturated heterocycles. The van der Waals surface area contributed by atoms with Crippen molar-refractivity contribution in [2.45, 2.75) is 0 Å². The number of thiophene rings is 1. The van der Waals surface area contributed by atoms with Crippen LogP contribution in [0.15, 0.2) is 205 Å². The zero-order valence-electron chi connectivity index (χ0n) is 29.8. The fraction of sp³-hybridized carbons (Fsp3) is 0. The van der Waals surface area contributed by atoms with Gasteiger partial charge in [0.2, 0.25) is 0 Å². The fourth-order valence-corrected chi connectivity index (χ4v) is 9.59. The Hall–Kier alpha value is -6.94. The predicted octanol–water partition coefficient (Wildman–Crippen LogP) is 15.6. The highest BCUT2D eigenvalue weighted by Crippen LogP contribution is 2.51. The van der Waals surface area contributed by atoms with Crippen LogP contribution in [0.1, 0.15) is 0 Å². The third-order valence-corrected chi connectivity index (χ3v) is 12.1. The lowest BCUT2D eigenvalue weighted by Crippen LogP contribution is -2.13. The van der Waals surface area contributed by atoms with E-state index in [4.69, 9.17) is 4.42 Å². The molecule has 0 N–H and O–H groups in total. The minimum atomic E-state index is 0.861. The molecule has 11 aromatic rings. The Balaban J connectivity index is 1.25. The maximum absolute atomic E-state index is 6.80. The molecule has 0 aliphatic carbocycles. The lowest BCUT2D eigenvalue weighted by Gasteiger charge is -2.31. The van der Waals surface area contributed by atoms with Crippen molar-refractivity contribution in [2.24, 2.45) is 0 Å². The van der Waals surface area contributed by atoms with Crippen molar-refractivity contribution in [2.75, 3.05) is 4.90 Å². The van der Waals surface area contributed by atoms with E-state index in [9.17, 15) is 0 Å². The van der Waals surface area contributed by atoms with E-state index in [1.54, 1.807) is 0 Å². The SMILES string of the molecule is c1ccc(-c2ccc(N(c3ccccc3-c3cccc4c3sc3ccccc34)c3cccc4oc5c6ccccc6ccc5c34)c(-c3ccccc3)c2)cc1. The quantitative estimate of drug-likeness (QED) is 0.170. The molecular formula is C52H33NOS. The van der Waals surface area contributed by atoms with Gasteiger partial charge in [-0.2, -0.15) is 0 Å². The number of fused-ring (bicyclic) bond motifs is 8.